The molecule has 0 aromatic carbocycles. The third kappa shape index (κ3) is 13.0. The number of carbonyl (C=O) groups excluding carboxylic acids is 5. The van der Waals surface area contributed by atoms with Crippen molar-refractivity contribution in [2.45, 2.75) is 6.90 Å². The summed E-state index contributed by atoms with van der Waals surface area (Å²) in [6.07, 6.45) is 4.57. The van der Waals surface area contributed by atoms with Gasteiger partial charge in [-0.15, -0.1) is 0 Å². The Morgan fingerprint density at radius 2 is 0.861 bits per heavy atom. The van der Waals surface area contributed by atoms with Gasteiger partial charge in [0.05, 0.1) is 24.0 Å². The highest BCUT2D eigenvalue weighted by molar-refractivity contribution is 5.82. The summed E-state index contributed by atoms with van der Waals surface area (Å²) in [4.78, 5) is 58.3. The summed E-state index contributed by atoms with van der Waals surface area (Å²) < 4.78 is 39.2. The number of ether oxygens (including phenoxy) is 6. The van der Waals surface area contributed by atoms with Crippen LogP contribution in [-0.2, 0) is 52.4 Å². The van der Waals surface area contributed by atoms with Gasteiger partial charge < -0.3 is 28.4 Å². The number of hydrogen-bond donors (Lipinski definition) is 0. The highest BCUT2D eigenvalue weighted by Gasteiger charge is 2.38. The molecule has 0 heterocycles. The zero-order chi connectivity index (χ0) is 28.3. The summed E-state index contributed by atoms with van der Waals surface area (Å²) in [7, 11) is 0. The Labute approximate surface area is 211 Å². The first-order valence-corrected chi connectivity index (χ1v) is 10.4. The van der Waals surface area contributed by atoms with Crippen LogP contribution in [0.2, 0.25) is 0 Å². The maximum atomic E-state index is 11.7. The van der Waals surface area contributed by atoms with Crippen molar-refractivity contribution in [1.82, 2.24) is 0 Å². The fourth-order valence-electron chi connectivity index (χ4n) is 2.27. The molecule has 0 aromatic heterocycles. The van der Waals surface area contributed by atoms with Crippen molar-refractivity contribution in [1.29, 1.82) is 0 Å². The Balaban J connectivity index is 5.92. The SMILES string of the molecule is [2H]CC(COCC(COC(=O)C=C)(COC(=O)C=C)COC(=O)C=C)(COC(=O)C=C)COC(=O)C=C. The molecule has 36 heavy (non-hydrogen) atoms. The van der Waals surface area contributed by atoms with Gasteiger partial charge >= 0.3 is 29.8 Å². The molecular weight excluding hydrogens is 476 g/mol. The van der Waals surface area contributed by atoms with Gasteiger partial charge in [0.1, 0.15) is 33.0 Å². The Bertz CT molecular complexity index is 794. The van der Waals surface area contributed by atoms with Gasteiger partial charge in [0.2, 0.25) is 0 Å². The Morgan fingerprint density at radius 3 is 1.14 bits per heavy atom. The summed E-state index contributed by atoms with van der Waals surface area (Å²) >= 11 is 0. The molecule has 0 saturated carbocycles. The summed E-state index contributed by atoms with van der Waals surface area (Å²) in [5.74, 6) is -3.95. The lowest BCUT2D eigenvalue weighted by atomic mass is 9.91. The Kier molecular flexibility index (Phi) is 13.9. The molecule has 0 rings (SSSR count). The highest BCUT2D eigenvalue weighted by atomic mass is 16.6. The van der Waals surface area contributed by atoms with Crippen LogP contribution < -0.4 is 0 Å². The van der Waals surface area contributed by atoms with Gasteiger partial charge in [0.25, 0.3) is 0 Å². The lowest BCUT2D eigenvalue weighted by Crippen LogP contribution is -2.45. The topological polar surface area (TPSA) is 141 Å². The van der Waals surface area contributed by atoms with Crippen LogP contribution in [-0.4, -0.2) is 76.1 Å². The van der Waals surface area contributed by atoms with E-state index in [2.05, 4.69) is 32.9 Å². The van der Waals surface area contributed by atoms with E-state index in [1.54, 1.807) is 0 Å². The molecule has 11 heteroatoms. The molecule has 0 amide bonds. The zero-order valence-corrected chi connectivity index (χ0v) is 20.1. The van der Waals surface area contributed by atoms with E-state index in [9.17, 15) is 24.0 Å². The molecule has 0 saturated heterocycles. The standard InChI is InChI=1S/C25H32O11/c1-7-19(26)32-13-24(6,14-33-20(27)8-2)12-31-15-25(16-34-21(28)9-3,17-35-22(29)10-4)18-36-23(30)11-5/h7-11H,1-5,12-18H2,6H3/i6D. The van der Waals surface area contributed by atoms with Crippen LogP contribution in [0.1, 0.15) is 8.27 Å². The van der Waals surface area contributed by atoms with E-state index in [-0.39, 0.29) is 26.4 Å². The molecule has 0 N–H and O–H groups in total. The van der Waals surface area contributed by atoms with E-state index in [1.165, 1.54) is 0 Å². The molecule has 11 nitrogen and oxygen atoms in total. The number of rotatable bonds is 19. The second kappa shape index (κ2) is 16.6. The van der Waals surface area contributed by atoms with Gasteiger partial charge in [-0.1, -0.05) is 39.8 Å². The monoisotopic (exact) mass is 509 g/mol. The predicted molar refractivity (Wildman–Crippen MR) is 127 cm³/mol. The first-order chi connectivity index (χ1) is 17.5. The van der Waals surface area contributed by atoms with E-state index in [0.717, 1.165) is 30.4 Å². The Morgan fingerprint density at radius 1 is 0.556 bits per heavy atom. The third-order valence-corrected chi connectivity index (χ3v) is 4.25. The van der Waals surface area contributed by atoms with E-state index in [4.69, 9.17) is 29.8 Å². The van der Waals surface area contributed by atoms with Crippen molar-refractivity contribution >= 4 is 29.8 Å². The average Bonchev–Trinajstić information content (AvgIpc) is 2.93. The molecule has 0 aliphatic heterocycles. The van der Waals surface area contributed by atoms with E-state index in [0.29, 0.717) is 0 Å². The molecule has 0 aliphatic carbocycles. The minimum absolute atomic E-state index is 0.312. The second-order valence-electron chi connectivity index (χ2n) is 7.55. The van der Waals surface area contributed by atoms with Crippen LogP contribution >= 0.6 is 0 Å². The summed E-state index contributed by atoms with van der Waals surface area (Å²) in [5.41, 5.74) is -2.74. The minimum atomic E-state index is -1.42. The zero-order valence-electron chi connectivity index (χ0n) is 21.1. The van der Waals surface area contributed by atoms with Crippen LogP contribution in [0.25, 0.3) is 0 Å². The van der Waals surface area contributed by atoms with Gasteiger partial charge in [0.15, 0.2) is 0 Å². The number of hydrogen-bond acceptors (Lipinski definition) is 11. The molecule has 0 unspecified atom stereocenters. The fraction of sp³-hybridized carbons (Fsp3) is 0.400. The molecule has 0 aliphatic rings. The number of esters is 5. The van der Waals surface area contributed by atoms with Gasteiger partial charge in [-0.2, -0.15) is 0 Å². The summed E-state index contributed by atoms with van der Waals surface area (Å²) in [5, 5.41) is 0. The van der Waals surface area contributed by atoms with Crippen molar-refractivity contribution in [3.05, 3.63) is 63.3 Å². The predicted octanol–water partition coefficient (Wildman–Crippen LogP) is 1.64. The van der Waals surface area contributed by atoms with E-state index >= 15 is 0 Å². The van der Waals surface area contributed by atoms with Crippen molar-refractivity contribution in [2.24, 2.45) is 10.8 Å². The smallest absolute Gasteiger partial charge is 0.330 e. The molecule has 0 fully saturated rings. The van der Waals surface area contributed by atoms with Crippen LogP contribution in [0.5, 0.6) is 0 Å². The molecule has 0 spiro atoms. The second-order valence-corrected chi connectivity index (χ2v) is 7.55. The molecule has 0 radical (unpaired) electrons. The van der Waals surface area contributed by atoms with Gasteiger partial charge in [0, 0.05) is 31.8 Å². The van der Waals surface area contributed by atoms with E-state index in [1.807, 2.05) is 0 Å². The highest BCUT2D eigenvalue weighted by Crippen LogP contribution is 2.25. The molecule has 198 valence electrons. The maximum absolute atomic E-state index is 11.7. The van der Waals surface area contributed by atoms with Gasteiger partial charge in [-0.25, -0.2) is 24.0 Å². The third-order valence-electron chi connectivity index (χ3n) is 4.25. The molecule has 0 bridgehead atoms. The Hall–Kier alpha value is -3.99. The fourth-order valence-corrected chi connectivity index (χ4v) is 2.27. The largest absolute Gasteiger partial charge is 0.462 e. The van der Waals surface area contributed by atoms with Gasteiger partial charge in [-0.05, 0) is 0 Å². The lowest BCUT2D eigenvalue weighted by molar-refractivity contribution is -0.164. The average molecular weight is 510 g/mol. The normalized spacial score (nSPS) is 11.1. The first kappa shape index (κ1) is 30.0. The first-order valence-electron chi connectivity index (χ1n) is 11.1. The molecule has 0 atom stereocenters. The molecular formula is C25H32O11. The number of carbonyl (C=O) groups is 5. The van der Waals surface area contributed by atoms with Crippen LogP contribution in [0.4, 0.5) is 0 Å². The van der Waals surface area contributed by atoms with Crippen molar-refractivity contribution in [3.63, 3.8) is 0 Å². The van der Waals surface area contributed by atoms with Crippen LogP contribution in [0, 0.1) is 10.8 Å². The lowest BCUT2D eigenvalue weighted by Gasteiger charge is -2.34. The molecule has 0 aromatic rings. The van der Waals surface area contributed by atoms with Crippen molar-refractivity contribution < 1.29 is 53.8 Å². The maximum Gasteiger partial charge on any atom is 0.330 e. The van der Waals surface area contributed by atoms with Gasteiger partial charge in [-0.3, -0.25) is 0 Å². The van der Waals surface area contributed by atoms with Crippen molar-refractivity contribution in [3.8, 4) is 0 Å². The minimum Gasteiger partial charge on any atom is -0.462 e. The quantitative estimate of drug-likeness (QED) is 0.143. The summed E-state index contributed by atoms with van der Waals surface area (Å²) in [6.45, 7) is 13.4. The summed E-state index contributed by atoms with van der Waals surface area (Å²) in [6, 6.07) is 0. The van der Waals surface area contributed by atoms with Crippen LogP contribution in [0.3, 0.4) is 0 Å². The van der Waals surface area contributed by atoms with E-state index < -0.39 is 67.4 Å². The van der Waals surface area contributed by atoms with Crippen molar-refractivity contribution in [2.75, 3.05) is 46.2 Å². The van der Waals surface area contributed by atoms with Crippen LogP contribution in [0.15, 0.2) is 63.3 Å².